The van der Waals surface area contributed by atoms with Crippen molar-refractivity contribution in [1.29, 1.82) is 0 Å². The highest BCUT2D eigenvalue weighted by atomic mass is 35.5. The van der Waals surface area contributed by atoms with Gasteiger partial charge in [0.05, 0.1) is 18.7 Å². The number of ether oxygens (including phenoxy) is 1. The number of hydrogen-bond acceptors (Lipinski definition) is 4. The van der Waals surface area contributed by atoms with E-state index in [9.17, 15) is 4.79 Å². The van der Waals surface area contributed by atoms with Crippen LogP contribution in [0, 0.1) is 0 Å². The zero-order valence-electron chi connectivity index (χ0n) is 16.7. The van der Waals surface area contributed by atoms with E-state index in [-0.39, 0.29) is 0 Å². The predicted octanol–water partition coefficient (Wildman–Crippen LogP) is 6.74. The zero-order chi connectivity index (χ0) is 21.8. The van der Waals surface area contributed by atoms with Crippen LogP contribution >= 0.6 is 35.2 Å². The number of thiophene rings is 1. The summed E-state index contributed by atoms with van der Waals surface area (Å²) < 4.78 is 5.70. The second-order valence-corrected chi connectivity index (χ2v) is 8.60. The van der Waals surface area contributed by atoms with Gasteiger partial charge in [0.2, 0.25) is 0 Å². The second kappa shape index (κ2) is 9.47. The van der Waals surface area contributed by atoms with E-state index in [1.54, 1.807) is 0 Å². The van der Waals surface area contributed by atoms with Crippen molar-refractivity contribution in [3.63, 3.8) is 0 Å². The number of fused-ring (bicyclic) bond motifs is 1. The first-order chi connectivity index (χ1) is 15.1. The third kappa shape index (κ3) is 4.71. The highest BCUT2D eigenvalue weighted by Gasteiger charge is 2.18. The summed E-state index contributed by atoms with van der Waals surface area (Å²) in [6.07, 6.45) is 0. The maximum Gasteiger partial charge on any atom is 0.349 e. The van der Waals surface area contributed by atoms with Crippen LogP contribution in [0.5, 0.6) is 0 Å². The number of nitrogens with one attached hydrogen (secondary N) is 1. The fraction of sp³-hybridized carbons (Fsp3) is 0.0833. The van der Waals surface area contributed by atoms with Crippen molar-refractivity contribution in [2.75, 3.05) is 17.3 Å². The quantitative estimate of drug-likeness (QED) is 0.260. The van der Waals surface area contributed by atoms with Crippen LogP contribution in [0.4, 0.5) is 11.4 Å². The van der Waals surface area contributed by atoms with E-state index in [0.29, 0.717) is 21.6 Å². The number of benzene rings is 3. The first-order valence-electron chi connectivity index (χ1n) is 9.54. The van der Waals surface area contributed by atoms with Crippen LogP contribution < -0.4 is 10.2 Å². The molecule has 0 bridgehead atoms. The molecule has 0 spiro atoms. The minimum atomic E-state index is -0.436. The van der Waals surface area contributed by atoms with Crippen molar-refractivity contribution in [3.05, 3.63) is 94.3 Å². The van der Waals surface area contributed by atoms with Gasteiger partial charge in [-0.2, -0.15) is 0 Å². The Bertz CT molecular complexity index is 1230. The topological polar surface area (TPSA) is 41.6 Å². The third-order valence-corrected chi connectivity index (χ3v) is 6.71. The number of hydrogen-bond donors (Lipinski definition) is 1. The van der Waals surface area contributed by atoms with Gasteiger partial charge >= 0.3 is 5.97 Å². The van der Waals surface area contributed by atoms with Crippen molar-refractivity contribution in [3.8, 4) is 0 Å². The molecule has 0 aliphatic carbocycles. The Morgan fingerprint density at radius 1 is 1.06 bits per heavy atom. The smallest absolute Gasteiger partial charge is 0.349 e. The molecule has 0 amide bonds. The number of esters is 1. The molecule has 4 aromatic rings. The van der Waals surface area contributed by atoms with E-state index < -0.39 is 5.97 Å². The lowest BCUT2D eigenvalue weighted by atomic mass is 10.2. The fourth-order valence-electron chi connectivity index (χ4n) is 3.21. The molecular formula is C24H19ClN2O2S2. The Balaban J connectivity index is 1.62. The van der Waals surface area contributed by atoms with Crippen molar-refractivity contribution < 1.29 is 9.53 Å². The van der Waals surface area contributed by atoms with Gasteiger partial charge in [-0.15, -0.1) is 11.3 Å². The van der Waals surface area contributed by atoms with Crippen LogP contribution in [0.1, 0.15) is 15.2 Å². The summed E-state index contributed by atoms with van der Waals surface area (Å²) in [6.45, 7) is 0.635. The molecule has 0 saturated carbocycles. The number of thiocarbonyl (C=S) groups is 1. The molecule has 4 rings (SSSR count). The molecular weight excluding hydrogens is 448 g/mol. The van der Waals surface area contributed by atoms with E-state index in [1.807, 2.05) is 66.7 Å². The van der Waals surface area contributed by atoms with Gasteiger partial charge in [0, 0.05) is 21.5 Å². The first kappa shape index (κ1) is 21.3. The average Bonchev–Trinajstić information content (AvgIpc) is 3.14. The van der Waals surface area contributed by atoms with Gasteiger partial charge in [0.15, 0.2) is 5.11 Å². The lowest BCUT2D eigenvalue weighted by Crippen LogP contribution is -2.34. The van der Waals surface area contributed by atoms with E-state index in [2.05, 4.69) is 22.3 Å². The van der Waals surface area contributed by atoms with Crippen molar-refractivity contribution in [2.45, 2.75) is 6.54 Å². The van der Waals surface area contributed by atoms with Crippen LogP contribution in [-0.2, 0) is 11.3 Å². The SMILES string of the molecule is COC(=O)c1sc2cc(NC(=S)N(Cc3ccccc3)c3ccccc3)ccc2c1Cl. The fourth-order valence-corrected chi connectivity index (χ4v) is 4.97. The Morgan fingerprint density at radius 3 is 2.42 bits per heavy atom. The molecule has 1 heterocycles. The molecule has 0 fully saturated rings. The number of anilines is 2. The summed E-state index contributed by atoms with van der Waals surface area (Å²) in [7, 11) is 1.35. The molecule has 4 nitrogen and oxygen atoms in total. The number of carbonyl (C=O) groups is 1. The van der Waals surface area contributed by atoms with Crippen LogP contribution in [0.15, 0.2) is 78.9 Å². The summed E-state index contributed by atoms with van der Waals surface area (Å²) in [5.74, 6) is -0.436. The van der Waals surface area contributed by atoms with Gasteiger partial charge in [-0.3, -0.25) is 0 Å². The summed E-state index contributed by atoms with van der Waals surface area (Å²) in [5.41, 5.74) is 2.97. The predicted molar refractivity (Wildman–Crippen MR) is 133 cm³/mol. The molecule has 0 radical (unpaired) electrons. The number of carbonyl (C=O) groups excluding carboxylic acids is 1. The molecule has 0 aliphatic rings. The highest BCUT2D eigenvalue weighted by molar-refractivity contribution is 7.80. The molecule has 7 heteroatoms. The van der Waals surface area contributed by atoms with Gasteiger partial charge in [-0.05, 0) is 48.1 Å². The number of halogens is 1. The Labute approximate surface area is 195 Å². The lowest BCUT2D eigenvalue weighted by molar-refractivity contribution is 0.0606. The normalized spacial score (nSPS) is 10.6. The number of para-hydroxylation sites is 1. The van der Waals surface area contributed by atoms with Crippen molar-refractivity contribution in [2.24, 2.45) is 0 Å². The maximum atomic E-state index is 11.9. The molecule has 31 heavy (non-hydrogen) atoms. The molecule has 156 valence electrons. The van der Waals surface area contributed by atoms with Crippen LogP contribution in [0.25, 0.3) is 10.1 Å². The number of methoxy groups -OCH3 is 1. The summed E-state index contributed by atoms with van der Waals surface area (Å²) in [6, 6.07) is 25.9. The van der Waals surface area contributed by atoms with Gasteiger partial charge in [0.25, 0.3) is 0 Å². The number of nitrogens with zero attached hydrogens (tertiary/aromatic N) is 1. The van der Waals surface area contributed by atoms with Gasteiger partial charge in [0.1, 0.15) is 4.88 Å². The third-order valence-electron chi connectivity index (χ3n) is 4.75. The molecule has 1 aromatic heterocycles. The lowest BCUT2D eigenvalue weighted by Gasteiger charge is -2.26. The molecule has 0 saturated heterocycles. The minimum absolute atomic E-state index is 0.397. The Hall–Kier alpha value is -2.93. The summed E-state index contributed by atoms with van der Waals surface area (Å²) in [5, 5.41) is 5.13. The monoisotopic (exact) mass is 466 g/mol. The van der Waals surface area contributed by atoms with E-state index in [4.69, 9.17) is 28.6 Å². The summed E-state index contributed by atoms with van der Waals surface area (Å²) in [4.78, 5) is 14.4. The molecule has 3 aromatic carbocycles. The number of rotatable bonds is 5. The Morgan fingerprint density at radius 2 is 1.74 bits per heavy atom. The Kier molecular flexibility index (Phi) is 6.51. The highest BCUT2D eigenvalue weighted by Crippen LogP contribution is 2.37. The molecule has 0 aliphatic heterocycles. The van der Waals surface area contributed by atoms with Crippen molar-refractivity contribution >= 4 is 67.7 Å². The van der Waals surface area contributed by atoms with E-state index in [1.165, 1.54) is 18.4 Å². The minimum Gasteiger partial charge on any atom is -0.465 e. The maximum absolute atomic E-state index is 11.9. The second-order valence-electron chi connectivity index (χ2n) is 6.79. The van der Waals surface area contributed by atoms with E-state index in [0.717, 1.165) is 27.0 Å². The summed E-state index contributed by atoms with van der Waals surface area (Å²) >= 11 is 13.4. The molecule has 0 atom stereocenters. The van der Waals surface area contributed by atoms with Gasteiger partial charge in [-0.1, -0.05) is 60.1 Å². The average molecular weight is 467 g/mol. The van der Waals surface area contributed by atoms with E-state index >= 15 is 0 Å². The van der Waals surface area contributed by atoms with Crippen LogP contribution in [0.2, 0.25) is 5.02 Å². The molecule has 0 unspecified atom stereocenters. The standard InChI is InChI=1S/C24H19ClN2O2S2/c1-29-23(28)22-21(25)19-13-12-17(14-20(19)31-22)26-24(30)27(18-10-6-3-7-11-18)15-16-8-4-2-5-9-16/h2-14H,15H2,1H3,(H,26,30). The van der Waals surface area contributed by atoms with Crippen LogP contribution in [-0.4, -0.2) is 18.2 Å². The zero-order valence-corrected chi connectivity index (χ0v) is 19.1. The van der Waals surface area contributed by atoms with Gasteiger partial charge in [-0.25, -0.2) is 4.79 Å². The first-order valence-corrected chi connectivity index (χ1v) is 11.1. The largest absolute Gasteiger partial charge is 0.465 e. The van der Waals surface area contributed by atoms with Crippen LogP contribution in [0.3, 0.4) is 0 Å². The van der Waals surface area contributed by atoms with Crippen molar-refractivity contribution in [1.82, 2.24) is 0 Å². The molecule has 1 N–H and O–H groups in total. The van der Waals surface area contributed by atoms with Gasteiger partial charge < -0.3 is 15.0 Å².